The van der Waals surface area contributed by atoms with Crippen LogP contribution in [0.2, 0.25) is 0 Å². The van der Waals surface area contributed by atoms with Gasteiger partial charge in [0.05, 0.1) is 12.0 Å². The highest BCUT2D eigenvalue weighted by molar-refractivity contribution is 6.09. The minimum absolute atomic E-state index is 0.676. The third kappa shape index (κ3) is 0.731. The van der Waals surface area contributed by atoms with E-state index in [0.29, 0.717) is 5.69 Å². The number of nitrogens with two attached hydrogens (primary N) is 1. The van der Waals surface area contributed by atoms with E-state index in [4.69, 9.17) is 10.2 Å². The first-order valence-electron chi connectivity index (χ1n) is 4.09. The number of hydrogen-bond acceptors (Lipinski definition) is 2. The summed E-state index contributed by atoms with van der Waals surface area (Å²) in [5.41, 5.74) is 8.31. The lowest BCUT2D eigenvalue weighted by molar-refractivity contribution is 0.617. The number of H-pyrrole nitrogens is 1. The van der Waals surface area contributed by atoms with Gasteiger partial charge >= 0.3 is 0 Å². The van der Waals surface area contributed by atoms with Gasteiger partial charge in [0.25, 0.3) is 0 Å². The Kier molecular flexibility index (Phi) is 1.05. The number of nitrogen functional groups attached to an aromatic ring is 1. The summed E-state index contributed by atoms with van der Waals surface area (Å²) >= 11 is 0. The minimum atomic E-state index is 0.676. The molecule has 0 radical (unpaired) electrons. The molecule has 0 amide bonds. The van der Waals surface area contributed by atoms with E-state index >= 15 is 0 Å². The molecule has 1 aromatic carbocycles. The van der Waals surface area contributed by atoms with Gasteiger partial charge in [0.2, 0.25) is 0 Å². The monoisotopic (exact) mass is 172 g/mol. The maximum atomic E-state index is 5.81. The molecule has 2 aromatic heterocycles. The number of hydrogen-bond donors (Lipinski definition) is 2. The summed E-state index contributed by atoms with van der Waals surface area (Å²) in [7, 11) is 0. The van der Waals surface area contributed by atoms with E-state index in [1.807, 2.05) is 24.4 Å². The summed E-state index contributed by atoms with van der Waals surface area (Å²) in [5.74, 6) is 0. The zero-order valence-corrected chi connectivity index (χ0v) is 6.87. The number of nitrogens with one attached hydrogen (secondary N) is 1. The Morgan fingerprint density at radius 1 is 1.23 bits per heavy atom. The predicted molar refractivity (Wildman–Crippen MR) is 52.5 cm³/mol. The molecule has 0 unspecified atom stereocenters. The lowest BCUT2D eigenvalue weighted by Crippen LogP contribution is -1.84. The molecule has 0 aliphatic carbocycles. The molecular weight excluding hydrogens is 164 g/mol. The van der Waals surface area contributed by atoms with Gasteiger partial charge in [0.1, 0.15) is 0 Å². The Hall–Kier alpha value is -1.90. The van der Waals surface area contributed by atoms with Crippen molar-refractivity contribution >= 4 is 27.6 Å². The van der Waals surface area contributed by atoms with E-state index in [1.165, 1.54) is 0 Å². The van der Waals surface area contributed by atoms with Crippen molar-refractivity contribution in [3.05, 3.63) is 30.7 Å². The van der Waals surface area contributed by atoms with Gasteiger partial charge in [-0.25, -0.2) is 0 Å². The Morgan fingerprint density at radius 3 is 3.08 bits per heavy atom. The van der Waals surface area contributed by atoms with Crippen LogP contribution in [0, 0.1) is 0 Å². The van der Waals surface area contributed by atoms with Crippen LogP contribution in [0.3, 0.4) is 0 Å². The summed E-state index contributed by atoms with van der Waals surface area (Å²) in [6, 6.07) is 5.84. The Labute approximate surface area is 74.1 Å². The van der Waals surface area contributed by atoms with Crippen LogP contribution in [0.15, 0.2) is 35.1 Å². The Morgan fingerprint density at radius 2 is 2.15 bits per heavy atom. The van der Waals surface area contributed by atoms with Crippen molar-refractivity contribution in [2.75, 3.05) is 5.73 Å². The molecule has 2 heterocycles. The van der Waals surface area contributed by atoms with E-state index < -0.39 is 0 Å². The third-order valence-corrected chi connectivity index (χ3v) is 2.30. The van der Waals surface area contributed by atoms with Crippen LogP contribution in [0.4, 0.5) is 5.69 Å². The van der Waals surface area contributed by atoms with E-state index in [1.54, 1.807) is 6.26 Å². The van der Waals surface area contributed by atoms with E-state index in [0.717, 1.165) is 21.9 Å². The van der Waals surface area contributed by atoms with E-state index in [9.17, 15) is 0 Å². The number of fused-ring (bicyclic) bond motifs is 3. The van der Waals surface area contributed by atoms with Crippen molar-refractivity contribution in [2.24, 2.45) is 0 Å². The Balaban J connectivity index is 2.70. The van der Waals surface area contributed by atoms with Gasteiger partial charge in [0, 0.05) is 22.5 Å². The number of aromatic amines is 1. The molecular formula is C10H8N2O. The van der Waals surface area contributed by atoms with Crippen molar-refractivity contribution in [3.8, 4) is 0 Å². The lowest BCUT2D eigenvalue weighted by Gasteiger charge is -1.96. The minimum Gasteiger partial charge on any atom is -0.462 e. The van der Waals surface area contributed by atoms with Crippen LogP contribution < -0.4 is 5.73 Å². The van der Waals surface area contributed by atoms with Gasteiger partial charge in [0.15, 0.2) is 5.58 Å². The molecule has 0 atom stereocenters. The molecule has 13 heavy (non-hydrogen) atoms. The standard InChI is InChI=1S/C10H8N2O/c11-8-5-9-6(1-3-12-9)7-2-4-13-10(7)8/h1-5,12H,11H2. The maximum Gasteiger partial charge on any atom is 0.157 e. The summed E-state index contributed by atoms with van der Waals surface area (Å²) in [5, 5.41) is 2.22. The van der Waals surface area contributed by atoms with Gasteiger partial charge in [-0.2, -0.15) is 0 Å². The number of anilines is 1. The predicted octanol–water partition coefficient (Wildman–Crippen LogP) is 2.50. The molecule has 64 valence electrons. The highest BCUT2D eigenvalue weighted by Gasteiger charge is 2.06. The molecule has 0 bridgehead atoms. The number of benzene rings is 1. The lowest BCUT2D eigenvalue weighted by atomic mass is 10.1. The van der Waals surface area contributed by atoms with E-state index in [2.05, 4.69) is 4.98 Å². The number of aromatic nitrogens is 1. The van der Waals surface area contributed by atoms with Crippen LogP contribution in [0.5, 0.6) is 0 Å². The molecule has 0 fully saturated rings. The molecule has 3 nitrogen and oxygen atoms in total. The smallest absolute Gasteiger partial charge is 0.157 e. The largest absolute Gasteiger partial charge is 0.462 e. The second kappa shape index (κ2) is 2.07. The molecule has 0 aliphatic heterocycles. The first kappa shape index (κ1) is 6.60. The van der Waals surface area contributed by atoms with Crippen LogP contribution in [-0.2, 0) is 0 Å². The van der Waals surface area contributed by atoms with Crippen LogP contribution in [-0.4, -0.2) is 4.98 Å². The fraction of sp³-hybridized carbons (Fsp3) is 0. The summed E-state index contributed by atoms with van der Waals surface area (Å²) in [6.45, 7) is 0. The molecule has 0 aliphatic rings. The molecule has 0 saturated heterocycles. The van der Waals surface area contributed by atoms with Gasteiger partial charge in [-0.3, -0.25) is 0 Å². The van der Waals surface area contributed by atoms with Gasteiger partial charge in [-0.15, -0.1) is 0 Å². The van der Waals surface area contributed by atoms with Gasteiger partial charge in [-0.05, 0) is 18.2 Å². The van der Waals surface area contributed by atoms with Crippen molar-refractivity contribution in [2.45, 2.75) is 0 Å². The fourth-order valence-electron chi connectivity index (χ4n) is 1.70. The van der Waals surface area contributed by atoms with Crippen LogP contribution in [0.1, 0.15) is 0 Å². The van der Waals surface area contributed by atoms with E-state index in [-0.39, 0.29) is 0 Å². The Bertz CT molecular complexity index is 577. The third-order valence-electron chi connectivity index (χ3n) is 2.30. The molecule has 3 rings (SSSR count). The van der Waals surface area contributed by atoms with Crippen LogP contribution in [0.25, 0.3) is 21.9 Å². The molecule has 0 spiro atoms. The van der Waals surface area contributed by atoms with Crippen molar-refractivity contribution < 1.29 is 4.42 Å². The average Bonchev–Trinajstić information content (AvgIpc) is 2.66. The molecule has 3 aromatic rings. The SMILES string of the molecule is Nc1cc2[nH]ccc2c2ccoc12. The first-order chi connectivity index (χ1) is 6.36. The summed E-state index contributed by atoms with van der Waals surface area (Å²) < 4.78 is 5.29. The first-order valence-corrected chi connectivity index (χ1v) is 4.09. The fourth-order valence-corrected chi connectivity index (χ4v) is 1.70. The second-order valence-electron chi connectivity index (χ2n) is 3.07. The molecule has 3 heteroatoms. The maximum absolute atomic E-state index is 5.81. The summed E-state index contributed by atoms with van der Waals surface area (Å²) in [6.07, 6.45) is 3.56. The molecule has 0 saturated carbocycles. The zero-order valence-electron chi connectivity index (χ0n) is 6.87. The number of rotatable bonds is 0. The molecule has 3 N–H and O–H groups in total. The van der Waals surface area contributed by atoms with Crippen molar-refractivity contribution in [3.63, 3.8) is 0 Å². The van der Waals surface area contributed by atoms with Crippen molar-refractivity contribution in [1.82, 2.24) is 4.98 Å². The topological polar surface area (TPSA) is 55.0 Å². The van der Waals surface area contributed by atoms with Crippen LogP contribution >= 0.6 is 0 Å². The average molecular weight is 172 g/mol. The summed E-state index contributed by atoms with van der Waals surface area (Å²) in [4.78, 5) is 3.12. The highest BCUT2D eigenvalue weighted by atomic mass is 16.3. The van der Waals surface area contributed by atoms with Crippen molar-refractivity contribution in [1.29, 1.82) is 0 Å². The normalized spacial score (nSPS) is 11.4. The second-order valence-corrected chi connectivity index (χ2v) is 3.07. The quantitative estimate of drug-likeness (QED) is 0.512. The highest BCUT2D eigenvalue weighted by Crippen LogP contribution is 2.30. The van der Waals surface area contributed by atoms with Gasteiger partial charge < -0.3 is 15.1 Å². The number of furan rings is 1. The zero-order chi connectivity index (χ0) is 8.84. The van der Waals surface area contributed by atoms with Gasteiger partial charge in [-0.1, -0.05) is 0 Å².